The van der Waals surface area contributed by atoms with Crippen molar-refractivity contribution in [2.24, 2.45) is 5.92 Å². The maximum Gasteiger partial charge on any atom is 0.166 e. The van der Waals surface area contributed by atoms with Gasteiger partial charge < -0.3 is 10.5 Å². The Bertz CT molecular complexity index is 321. The molecular formula is C11H16N2O. The van der Waals surface area contributed by atoms with Gasteiger partial charge >= 0.3 is 0 Å². The molecule has 14 heavy (non-hydrogen) atoms. The van der Waals surface area contributed by atoms with Gasteiger partial charge in [-0.05, 0) is 36.8 Å². The Hall–Kier alpha value is -1.25. The second-order valence-electron chi connectivity index (χ2n) is 3.83. The molecule has 0 atom stereocenters. The van der Waals surface area contributed by atoms with Crippen LogP contribution in [0.2, 0.25) is 0 Å². The Balaban J connectivity index is 2.04. The van der Waals surface area contributed by atoms with Gasteiger partial charge in [0, 0.05) is 6.20 Å². The monoisotopic (exact) mass is 192 g/mol. The Kier molecular flexibility index (Phi) is 2.57. The summed E-state index contributed by atoms with van der Waals surface area (Å²) in [6, 6.07) is 1.99. The number of aryl methyl sites for hydroxylation is 1. The Morgan fingerprint density at radius 1 is 1.57 bits per heavy atom. The molecule has 1 aromatic heterocycles. The third-order valence-corrected chi connectivity index (χ3v) is 2.52. The minimum atomic E-state index is 0.503. The van der Waals surface area contributed by atoms with E-state index in [1.165, 1.54) is 18.4 Å². The number of nitrogens with two attached hydrogens (primary N) is 1. The van der Waals surface area contributed by atoms with Crippen molar-refractivity contribution >= 4 is 5.82 Å². The fraction of sp³-hybridized carbons (Fsp3) is 0.545. The van der Waals surface area contributed by atoms with Gasteiger partial charge in [0.1, 0.15) is 0 Å². The van der Waals surface area contributed by atoms with Gasteiger partial charge in [0.2, 0.25) is 0 Å². The second kappa shape index (κ2) is 3.86. The third-order valence-electron chi connectivity index (χ3n) is 2.52. The molecule has 1 aromatic rings. The van der Waals surface area contributed by atoms with Crippen LogP contribution in [0.3, 0.4) is 0 Å². The van der Waals surface area contributed by atoms with Gasteiger partial charge in [0.25, 0.3) is 0 Å². The fourth-order valence-electron chi connectivity index (χ4n) is 1.30. The molecule has 0 bridgehead atoms. The average molecular weight is 192 g/mol. The van der Waals surface area contributed by atoms with Crippen molar-refractivity contribution < 1.29 is 4.74 Å². The summed E-state index contributed by atoms with van der Waals surface area (Å²) in [7, 11) is 0. The van der Waals surface area contributed by atoms with Crippen LogP contribution in [-0.2, 0) is 6.42 Å². The minimum Gasteiger partial charge on any atom is -0.489 e. The van der Waals surface area contributed by atoms with E-state index in [4.69, 9.17) is 10.5 Å². The maximum atomic E-state index is 5.71. The van der Waals surface area contributed by atoms with Gasteiger partial charge in [-0.25, -0.2) is 4.98 Å². The zero-order valence-corrected chi connectivity index (χ0v) is 8.49. The summed E-state index contributed by atoms with van der Waals surface area (Å²) in [4.78, 5) is 4.10. The van der Waals surface area contributed by atoms with Gasteiger partial charge in [0.15, 0.2) is 11.6 Å². The Labute approximate surface area is 84.3 Å². The van der Waals surface area contributed by atoms with Crippen LogP contribution in [-0.4, -0.2) is 11.6 Å². The van der Waals surface area contributed by atoms with E-state index in [0.717, 1.165) is 24.7 Å². The first kappa shape index (κ1) is 9.31. The summed E-state index contributed by atoms with van der Waals surface area (Å²) in [5.41, 5.74) is 6.89. The van der Waals surface area contributed by atoms with E-state index in [1.807, 2.05) is 6.07 Å². The molecule has 76 valence electrons. The predicted octanol–water partition coefficient (Wildman–Crippen LogP) is 2.01. The number of rotatable bonds is 4. The first-order valence-electron chi connectivity index (χ1n) is 5.16. The lowest BCUT2D eigenvalue weighted by molar-refractivity contribution is 0.300. The number of pyridine rings is 1. The van der Waals surface area contributed by atoms with E-state index in [0.29, 0.717) is 5.82 Å². The summed E-state index contributed by atoms with van der Waals surface area (Å²) in [6.07, 6.45) is 5.36. The van der Waals surface area contributed by atoms with E-state index < -0.39 is 0 Å². The second-order valence-corrected chi connectivity index (χ2v) is 3.83. The lowest BCUT2D eigenvalue weighted by atomic mass is 10.2. The highest BCUT2D eigenvalue weighted by Gasteiger charge is 2.22. The number of nitrogens with zero attached hydrogens (tertiary/aromatic N) is 1. The van der Waals surface area contributed by atoms with Crippen LogP contribution in [0.4, 0.5) is 5.82 Å². The van der Waals surface area contributed by atoms with Crippen LogP contribution in [0.15, 0.2) is 12.3 Å². The molecule has 1 aliphatic rings. The van der Waals surface area contributed by atoms with Gasteiger partial charge in [-0.2, -0.15) is 0 Å². The first-order valence-corrected chi connectivity index (χ1v) is 5.16. The standard InChI is InChI=1S/C11H16N2O/c1-2-8-5-10(11(12)13-6-8)14-7-9-3-4-9/h5-6,9H,2-4,7H2,1H3,(H2,12,13). The van der Waals surface area contributed by atoms with E-state index >= 15 is 0 Å². The number of nitrogen functional groups attached to an aromatic ring is 1. The number of anilines is 1. The van der Waals surface area contributed by atoms with Gasteiger partial charge in [-0.3, -0.25) is 0 Å². The number of hydrogen-bond acceptors (Lipinski definition) is 3. The average Bonchev–Trinajstić information content (AvgIpc) is 3.00. The van der Waals surface area contributed by atoms with Crippen molar-refractivity contribution in [1.82, 2.24) is 4.98 Å². The molecule has 2 rings (SSSR count). The quantitative estimate of drug-likeness (QED) is 0.793. The van der Waals surface area contributed by atoms with Gasteiger partial charge in [-0.15, -0.1) is 0 Å². The van der Waals surface area contributed by atoms with Crippen molar-refractivity contribution in [2.75, 3.05) is 12.3 Å². The molecule has 1 heterocycles. The molecule has 0 aromatic carbocycles. The van der Waals surface area contributed by atoms with Crippen LogP contribution in [0.5, 0.6) is 5.75 Å². The molecule has 3 heteroatoms. The highest BCUT2D eigenvalue weighted by atomic mass is 16.5. The molecule has 0 unspecified atom stereocenters. The van der Waals surface area contributed by atoms with E-state index in [2.05, 4.69) is 11.9 Å². The van der Waals surface area contributed by atoms with Crippen molar-refractivity contribution in [3.8, 4) is 5.75 Å². The molecule has 1 saturated carbocycles. The van der Waals surface area contributed by atoms with E-state index in [9.17, 15) is 0 Å². The molecular weight excluding hydrogens is 176 g/mol. The SMILES string of the molecule is CCc1cnc(N)c(OCC2CC2)c1. The molecule has 1 fully saturated rings. The summed E-state index contributed by atoms with van der Waals surface area (Å²) >= 11 is 0. The van der Waals surface area contributed by atoms with Crippen LogP contribution >= 0.6 is 0 Å². The molecule has 1 aliphatic carbocycles. The first-order chi connectivity index (χ1) is 6.79. The number of ether oxygens (including phenoxy) is 1. The molecule has 0 radical (unpaired) electrons. The smallest absolute Gasteiger partial charge is 0.166 e. The summed E-state index contributed by atoms with van der Waals surface area (Å²) < 4.78 is 5.62. The fourth-order valence-corrected chi connectivity index (χ4v) is 1.30. The lowest BCUT2D eigenvalue weighted by Crippen LogP contribution is -2.03. The zero-order chi connectivity index (χ0) is 9.97. The Morgan fingerprint density at radius 2 is 2.36 bits per heavy atom. The normalized spacial score (nSPS) is 15.5. The predicted molar refractivity (Wildman–Crippen MR) is 56.2 cm³/mol. The van der Waals surface area contributed by atoms with Crippen LogP contribution in [0.1, 0.15) is 25.3 Å². The number of hydrogen-bond donors (Lipinski definition) is 1. The maximum absolute atomic E-state index is 5.71. The van der Waals surface area contributed by atoms with Crippen LogP contribution < -0.4 is 10.5 Å². The Morgan fingerprint density at radius 3 is 3.00 bits per heavy atom. The lowest BCUT2D eigenvalue weighted by Gasteiger charge is -2.08. The van der Waals surface area contributed by atoms with E-state index in [-0.39, 0.29) is 0 Å². The summed E-state index contributed by atoms with van der Waals surface area (Å²) in [5, 5.41) is 0. The molecule has 0 spiro atoms. The third kappa shape index (κ3) is 2.16. The van der Waals surface area contributed by atoms with Crippen molar-refractivity contribution in [2.45, 2.75) is 26.2 Å². The van der Waals surface area contributed by atoms with Gasteiger partial charge in [0.05, 0.1) is 6.61 Å². The molecule has 0 aliphatic heterocycles. The summed E-state index contributed by atoms with van der Waals surface area (Å²) in [6.45, 7) is 2.89. The molecule has 2 N–H and O–H groups in total. The summed E-state index contributed by atoms with van der Waals surface area (Å²) in [5.74, 6) is 2.00. The van der Waals surface area contributed by atoms with Crippen molar-refractivity contribution in [1.29, 1.82) is 0 Å². The molecule has 0 saturated heterocycles. The molecule has 3 nitrogen and oxygen atoms in total. The van der Waals surface area contributed by atoms with Crippen LogP contribution in [0, 0.1) is 5.92 Å². The van der Waals surface area contributed by atoms with Gasteiger partial charge in [-0.1, -0.05) is 6.92 Å². The zero-order valence-electron chi connectivity index (χ0n) is 8.49. The number of aromatic nitrogens is 1. The topological polar surface area (TPSA) is 48.1 Å². The largest absolute Gasteiger partial charge is 0.489 e. The van der Waals surface area contributed by atoms with Crippen LogP contribution in [0.25, 0.3) is 0 Å². The highest BCUT2D eigenvalue weighted by Crippen LogP contribution is 2.30. The van der Waals surface area contributed by atoms with Crippen molar-refractivity contribution in [3.63, 3.8) is 0 Å². The van der Waals surface area contributed by atoms with E-state index in [1.54, 1.807) is 6.20 Å². The highest BCUT2D eigenvalue weighted by molar-refractivity contribution is 5.47. The minimum absolute atomic E-state index is 0.503. The molecule has 0 amide bonds. The van der Waals surface area contributed by atoms with Crippen molar-refractivity contribution in [3.05, 3.63) is 17.8 Å².